The van der Waals surface area contributed by atoms with Gasteiger partial charge in [-0.1, -0.05) is 66.8 Å². The Morgan fingerprint density at radius 2 is 1.63 bits per heavy atom. The maximum Gasteiger partial charge on any atom is 0.124 e. The lowest BCUT2D eigenvalue weighted by atomic mass is 9.87. The number of aliphatic hydroxyl groups excluding tert-OH is 1. The third-order valence-electron chi connectivity index (χ3n) is 7.30. The highest BCUT2D eigenvalue weighted by molar-refractivity contribution is 7.80. The number of halogens is 1. The number of rotatable bonds is 8. The quantitative estimate of drug-likeness (QED) is 0.231. The smallest absolute Gasteiger partial charge is 0.124 e. The van der Waals surface area contributed by atoms with Crippen molar-refractivity contribution in [2.24, 2.45) is 5.92 Å². The molecule has 6 heteroatoms. The van der Waals surface area contributed by atoms with Crippen molar-refractivity contribution in [3.63, 3.8) is 0 Å². The molecule has 0 saturated carbocycles. The first-order valence-electron chi connectivity index (χ1n) is 12.7. The maximum absolute atomic E-state index is 13.3. The van der Waals surface area contributed by atoms with E-state index in [9.17, 15) is 14.6 Å². The summed E-state index contributed by atoms with van der Waals surface area (Å²) in [5.41, 5.74) is 4.65. The molecule has 38 heavy (non-hydrogen) atoms. The number of hydrogen-bond donors (Lipinski definition) is 2. The summed E-state index contributed by atoms with van der Waals surface area (Å²) in [5, 5.41) is 21.8. The average molecular weight is 528 g/mol. The number of phenolic OH excluding ortho intramolecular Hbond substituents is 1. The highest BCUT2D eigenvalue weighted by Crippen LogP contribution is 2.47. The zero-order valence-electron chi connectivity index (χ0n) is 21.1. The Labute approximate surface area is 228 Å². The Hall–Kier alpha value is -3.74. The molecule has 4 aromatic rings. The summed E-state index contributed by atoms with van der Waals surface area (Å²) in [7, 11) is 1.57. The Bertz CT molecular complexity index is 1390. The Balaban J connectivity index is 1.45. The fourth-order valence-electron chi connectivity index (χ4n) is 5.33. The molecule has 0 aliphatic carbocycles. The van der Waals surface area contributed by atoms with Gasteiger partial charge in [-0.15, -0.1) is 0 Å². The molecule has 1 aliphatic heterocycles. The fraction of sp³-hybridized carbons (Fsp3) is 0.219. The van der Waals surface area contributed by atoms with Crippen LogP contribution in [0.2, 0.25) is 0 Å². The molecule has 1 heterocycles. The van der Waals surface area contributed by atoms with E-state index in [-0.39, 0.29) is 23.5 Å². The van der Waals surface area contributed by atoms with Crippen LogP contribution in [0, 0.1) is 11.7 Å². The molecule has 5 rings (SSSR count). The van der Waals surface area contributed by atoms with Crippen LogP contribution in [0.1, 0.15) is 42.5 Å². The summed E-state index contributed by atoms with van der Waals surface area (Å²) in [5.74, 6) is 0.458. The van der Waals surface area contributed by atoms with Crippen molar-refractivity contribution in [3.8, 4) is 22.6 Å². The van der Waals surface area contributed by atoms with Crippen LogP contribution in [-0.4, -0.2) is 22.3 Å². The van der Waals surface area contributed by atoms with Gasteiger partial charge in [0.15, 0.2) is 0 Å². The molecule has 194 valence electrons. The van der Waals surface area contributed by atoms with E-state index < -0.39 is 6.10 Å². The number of hydrogen-bond acceptors (Lipinski definition) is 4. The second-order valence-electron chi connectivity index (χ2n) is 9.66. The van der Waals surface area contributed by atoms with Crippen LogP contribution in [0.25, 0.3) is 11.1 Å². The van der Waals surface area contributed by atoms with Gasteiger partial charge in [0.05, 0.1) is 24.2 Å². The lowest BCUT2D eigenvalue weighted by Crippen LogP contribution is -2.28. The van der Waals surface area contributed by atoms with Gasteiger partial charge in [0.2, 0.25) is 0 Å². The van der Waals surface area contributed by atoms with Gasteiger partial charge in [0.25, 0.3) is 0 Å². The number of thiocarbonyl (C=S) groups is 1. The van der Waals surface area contributed by atoms with Crippen molar-refractivity contribution in [3.05, 3.63) is 114 Å². The van der Waals surface area contributed by atoms with E-state index in [1.807, 2.05) is 30.3 Å². The molecule has 1 fully saturated rings. The summed E-state index contributed by atoms with van der Waals surface area (Å²) in [4.78, 5) is 2.92. The van der Waals surface area contributed by atoms with E-state index in [0.717, 1.165) is 27.4 Å². The van der Waals surface area contributed by atoms with Gasteiger partial charge in [-0.25, -0.2) is 4.39 Å². The van der Waals surface area contributed by atoms with Gasteiger partial charge in [0, 0.05) is 23.7 Å². The monoisotopic (exact) mass is 527 g/mol. The van der Waals surface area contributed by atoms with Gasteiger partial charge in [0.1, 0.15) is 17.3 Å². The lowest BCUT2D eigenvalue weighted by Gasteiger charge is -2.31. The molecule has 0 amide bonds. The van der Waals surface area contributed by atoms with Gasteiger partial charge in [-0.2, -0.15) is 0 Å². The first-order chi connectivity index (χ1) is 18.4. The molecule has 2 N–H and O–H groups in total. The fourth-order valence-corrected chi connectivity index (χ4v) is 5.76. The SMILES string of the molecule is COc1ccc([C@@H]2[C@H](CCC(O)c3ccc(F)cc3)CC(=S)N2c2ccc(-c3ccccc3)cc2)c(O)c1. The number of benzene rings is 4. The van der Waals surface area contributed by atoms with Gasteiger partial charge >= 0.3 is 0 Å². The van der Waals surface area contributed by atoms with E-state index >= 15 is 0 Å². The summed E-state index contributed by atoms with van der Waals surface area (Å²) in [6, 6.07) is 29.6. The Morgan fingerprint density at radius 3 is 2.29 bits per heavy atom. The van der Waals surface area contributed by atoms with Crippen LogP contribution in [0.3, 0.4) is 0 Å². The molecule has 0 radical (unpaired) electrons. The highest BCUT2D eigenvalue weighted by atomic mass is 32.1. The zero-order chi connectivity index (χ0) is 26.6. The first kappa shape index (κ1) is 25.9. The third kappa shape index (κ3) is 5.42. The largest absolute Gasteiger partial charge is 0.507 e. The standard InChI is InChI=1S/C32H30FNO3S/c1-37-27-16-17-28(30(36)20-27)32-24(11-18-29(35)23-7-12-25(33)13-8-23)19-31(38)34(32)26-14-9-22(10-15-26)21-5-3-2-4-6-21/h2-10,12-17,20,24,29,32,35-36H,11,18-19H2,1H3/t24-,29?,32+/m1/s1. The number of ether oxygens (including phenoxy) is 1. The number of aliphatic hydroxyl groups is 1. The third-order valence-corrected chi connectivity index (χ3v) is 7.67. The number of methoxy groups -OCH3 is 1. The van der Waals surface area contributed by atoms with Crippen molar-refractivity contribution >= 4 is 22.9 Å². The highest BCUT2D eigenvalue weighted by Gasteiger charge is 2.40. The molecule has 1 aliphatic rings. The first-order valence-corrected chi connectivity index (χ1v) is 13.1. The van der Waals surface area contributed by atoms with Crippen LogP contribution >= 0.6 is 12.2 Å². The normalized spacial score (nSPS) is 18.0. The average Bonchev–Trinajstić information content (AvgIpc) is 3.28. The number of nitrogens with zero attached hydrogens (tertiary/aromatic N) is 1. The number of phenols is 1. The predicted octanol–water partition coefficient (Wildman–Crippen LogP) is 7.62. The molecule has 3 atom stereocenters. The van der Waals surface area contributed by atoms with Crippen molar-refractivity contribution in [1.29, 1.82) is 0 Å². The summed E-state index contributed by atoms with van der Waals surface area (Å²) in [6.07, 6.45) is 1.11. The van der Waals surface area contributed by atoms with Gasteiger partial charge in [-0.05, 0) is 71.8 Å². The van der Waals surface area contributed by atoms with Crippen LogP contribution in [0.15, 0.2) is 97.1 Å². The number of anilines is 1. The van der Waals surface area contributed by atoms with Gasteiger partial charge < -0.3 is 19.8 Å². The van der Waals surface area contributed by atoms with E-state index in [2.05, 4.69) is 41.3 Å². The van der Waals surface area contributed by atoms with E-state index in [0.29, 0.717) is 30.6 Å². The Kier molecular flexibility index (Phi) is 7.72. The predicted molar refractivity (Wildman–Crippen MR) is 153 cm³/mol. The van der Waals surface area contributed by atoms with Crippen LogP contribution in [0.4, 0.5) is 10.1 Å². The van der Waals surface area contributed by atoms with Crippen molar-refractivity contribution < 1.29 is 19.3 Å². The minimum Gasteiger partial charge on any atom is -0.507 e. The lowest BCUT2D eigenvalue weighted by molar-refractivity contribution is 0.155. The molecule has 1 saturated heterocycles. The summed E-state index contributed by atoms with van der Waals surface area (Å²) >= 11 is 5.90. The van der Waals surface area contributed by atoms with Crippen LogP contribution in [-0.2, 0) is 0 Å². The van der Waals surface area contributed by atoms with Crippen LogP contribution < -0.4 is 9.64 Å². The minimum atomic E-state index is -0.714. The molecule has 0 aromatic heterocycles. The van der Waals surface area contributed by atoms with E-state index in [4.69, 9.17) is 17.0 Å². The zero-order valence-corrected chi connectivity index (χ0v) is 21.9. The van der Waals surface area contributed by atoms with Crippen molar-refractivity contribution in [2.45, 2.75) is 31.4 Å². The van der Waals surface area contributed by atoms with Crippen molar-refractivity contribution in [2.75, 3.05) is 12.0 Å². The van der Waals surface area contributed by atoms with Gasteiger partial charge in [-0.3, -0.25) is 0 Å². The molecule has 4 nitrogen and oxygen atoms in total. The molecule has 0 bridgehead atoms. The molecular formula is C32H30FNO3S. The summed E-state index contributed by atoms with van der Waals surface area (Å²) < 4.78 is 18.7. The van der Waals surface area contributed by atoms with E-state index in [1.54, 1.807) is 25.3 Å². The summed E-state index contributed by atoms with van der Waals surface area (Å²) in [6.45, 7) is 0. The Morgan fingerprint density at radius 1 is 0.947 bits per heavy atom. The minimum absolute atomic E-state index is 0.0608. The van der Waals surface area contributed by atoms with Crippen LogP contribution in [0.5, 0.6) is 11.5 Å². The van der Waals surface area contributed by atoms with Crippen molar-refractivity contribution in [1.82, 2.24) is 0 Å². The molecular weight excluding hydrogens is 497 g/mol. The molecule has 4 aromatic carbocycles. The topological polar surface area (TPSA) is 52.9 Å². The molecule has 1 unspecified atom stereocenters. The molecule has 0 spiro atoms. The maximum atomic E-state index is 13.3. The second-order valence-corrected chi connectivity index (χ2v) is 10.1. The number of aromatic hydroxyl groups is 1. The second kappa shape index (κ2) is 11.3. The van der Waals surface area contributed by atoms with E-state index in [1.165, 1.54) is 12.1 Å².